The second kappa shape index (κ2) is 7.32. The minimum Gasteiger partial charge on any atom is -0.493 e. The lowest BCUT2D eigenvalue weighted by Crippen LogP contribution is -2.01. The Hall–Kier alpha value is -0.980. The van der Waals surface area contributed by atoms with Gasteiger partial charge in [-0.05, 0) is 24.0 Å². The van der Waals surface area contributed by atoms with Crippen molar-refractivity contribution in [2.24, 2.45) is 0 Å². The Bertz CT molecular complexity index is 291. The maximum Gasteiger partial charge on any atom is 0.122 e. The van der Waals surface area contributed by atoms with Gasteiger partial charge in [-0.3, -0.25) is 0 Å². The summed E-state index contributed by atoms with van der Waals surface area (Å²) in [4.78, 5) is 0. The van der Waals surface area contributed by atoms with Gasteiger partial charge >= 0.3 is 0 Å². The van der Waals surface area contributed by atoms with Gasteiger partial charge in [0.1, 0.15) is 5.75 Å². The van der Waals surface area contributed by atoms with Gasteiger partial charge in [-0.2, -0.15) is 0 Å². The van der Waals surface area contributed by atoms with Crippen LogP contribution in [-0.4, -0.2) is 6.61 Å². The standard InChI is InChI=1S/C15H24O/c1-4-5-6-9-12-16-15-11-8-7-10-14(15)13(2)3/h7-8,10-11,13H,4-6,9,12H2,1-3H3. The van der Waals surface area contributed by atoms with Crippen LogP contribution in [0, 0.1) is 0 Å². The molecule has 90 valence electrons. The van der Waals surface area contributed by atoms with Gasteiger partial charge in [0, 0.05) is 0 Å². The quantitative estimate of drug-likeness (QED) is 0.601. The molecule has 0 amide bonds. The zero-order valence-corrected chi connectivity index (χ0v) is 10.8. The zero-order chi connectivity index (χ0) is 11.8. The lowest BCUT2D eigenvalue weighted by molar-refractivity contribution is 0.301. The second-order valence-electron chi connectivity index (χ2n) is 4.60. The summed E-state index contributed by atoms with van der Waals surface area (Å²) in [5, 5.41) is 0. The number of benzene rings is 1. The van der Waals surface area contributed by atoms with E-state index in [9.17, 15) is 0 Å². The summed E-state index contributed by atoms with van der Waals surface area (Å²) < 4.78 is 5.85. The highest BCUT2D eigenvalue weighted by Gasteiger charge is 2.05. The Morgan fingerprint density at radius 3 is 2.50 bits per heavy atom. The molecule has 0 atom stereocenters. The summed E-state index contributed by atoms with van der Waals surface area (Å²) in [6.45, 7) is 7.50. The topological polar surface area (TPSA) is 9.23 Å². The van der Waals surface area contributed by atoms with Crippen LogP contribution in [0.15, 0.2) is 24.3 Å². The lowest BCUT2D eigenvalue weighted by Gasteiger charge is -2.13. The van der Waals surface area contributed by atoms with Gasteiger partial charge in [0.25, 0.3) is 0 Å². The molecule has 1 aromatic rings. The first-order valence-electron chi connectivity index (χ1n) is 6.47. The van der Waals surface area contributed by atoms with E-state index >= 15 is 0 Å². The minimum absolute atomic E-state index is 0.534. The van der Waals surface area contributed by atoms with E-state index in [1.807, 2.05) is 6.07 Å². The molecule has 0 saturated carbocycles. The number of para-hydroxylation sites is 1. The summed E-state index contributed by atoms with van der Waals surface area (Å²) in [5.74, 6) is 1.60. The van der Waals surface area contributed by atoms with Gasteiger partial charge in [-0.15, -0.1) is 0 Å². The Balaban J connectivity index is 2.41. The van der Waals surface area contributed by atoms with Crippen molar-refractivity contribution in [3.8, 4) is 5.75 Å². The van der Waals surface area contributed by atoms with Crippen LogP contribution in [0.2, 0.25) is 0 Å². The molecule has 0 N–H and O–H groups in total. The predicted molar refractivity (Wildman–Crippen MR) is 70.2 cm³/mol. The summed E-state index contributed by atoms with van der Waals surface area (Å²) in [5.41, 5.74) is 1.32. The molecule has 16 heavy (non-hydrogen) atoms. The normalized spacial score (nSPS) is 10.8. The molecule has 0 bridgehead atoms. The number of hydrogen-bond donors (Lipinski definition) is 0. The highest BCUT2D eigenvalue weighted by atomic mass is 16.5. The smallest absolute Gasteiger partial charge is 0.122 e. The SMILES string of the molecule is CCCCCCOc1ccccc1C(C)C. The minimum atomic E-state index is 0.534. The monoisotopic (exact) mass is 220 g/mol. The van der Waals surface area contributed by atoms with E-state index in [2.05, 4.69) is 39.0 Å². The molecule has 0 aromatic heterocycles. The fourth-order valence-corrected chi connectivity index (χ4v) is 1.80. The van der Waals surface area contributed by atoms with Crippen molar-refractivity contribution >= 4 is 0 Å². The highest BCUT2D eigenvalue weighted by molar-refractivity contribution is 5.35. The molecular weight excluding hydrogens is 196 g/mol. The molecule has 1 aromatic carbocycles. The maximum absolute atomic E-state index is 5.85. The van der Waals surface area contributed by atoms with Crippen LogP contribution in [0.5, 0.6) is 5.75 Å². The van der Waals surface area contributed by atoms with Crippen LogP contribution in [0.1, 0.15) is 57.9 Å². The third kappa shape index (κ3) is 4.26. The fourth-order valence-electron chi connectivity index (χ4n) is 1.80. The molecular formula is C15H24O. The second-order valence-corrected chi connectivity index (χ2v) is 4.60. The fraction of sp³-hybridized carbons (Fsp3) is 0.600. The Kier molecular flexibility index (Phi) is 5.99. The van der Waals surface area contributed by atoms with Crippen LogP contribution in [0.3, 0.4) is 0 Å². The van der Waals surface area contributed by atoms with Gasteiger partial charge < -0.3 is 4.74 Å². The van der Waals surface area contributed by atoms with Crippen molar-refractivity contribution in [2.45, 2.75) is 52.4 Å². The summed E-state index contributed by atoms with van der Waals surface area (Å²) >= 11 is 0. The Morgan fingerprint density at radius 1 is 1.06 bits per heavy atom. The molecule has 0 fully saturated rings. The number of hydrogen-bond acceptors (Lipinski definition) is 1. The van der Waals surface area contributed by atoms with Crippen molar-refractivity contribution < 1.29 is 4.74 Å². The molecule has 0 spiro atoms. The Morgan fingerprint density at radius 2 is 1.81 bits per heavy atom. The average molecular weight is 220 g/mol. The molecule has 0 unspecified atom stereocenters. The summed E-state index contributed by atoms with van der Waals surface area (Å²) in [7, 11) is 0. The van der Waals surface area contributed by atoms with E-state index in [0.717, 1.165) is 12.4 Å². The van der Waals surface area contributed by atoms with E-state index in [1.165, 1.54) is 31.2 Å². The van der Waals surface area contributed by atoms with Crippen LogP contribution >= 0.6 is 0 Å². The molecule has 0 aliphatic carbocycles. The van der Waals surface area contributed by atoms with Crippen molar-refractivity contribution in [3.05, 3.63) is 29.8 Å². The maximum atomic E-state index is 5.85. The van der Waals surface area contributed by atoms with Crippen LogP contribution in [-0.2, 0) is 0 Å². The molecule has 1 heteroatoms. The number of unbranched alkanes of at least 4 members (excludes halogenated alkanes) is 3. The van der Waals surface area contributed by atoms with E-state index in [0.29, 0.717) is 5.92 Å². The van der Waals surface area contributed by atoms with Crippen molar-refractivity contribution in [2.75, 3.05) is 6.61 Å². The first-order chi connectivity index (χ1) is 7.75. The van der Waals surface area contributed by atoms with Gasteiger partial charge in [0.05, 0.1) is 6.61 Å². The molecule has 0 saturated heterocycles. The van der Waals surface area contributed by atoms with Gasteiger partial charge in [-0.25, -0.2) is 0 Å². The van der Waals surface area contributed by atoms with E-state index in [1.54, 1.807) is 0 Å². The average Bonchev–Trinajstić information content (AvgIpc) is 2.29. The lowest BCUT2D eigenvalue weighted by atomic mass is 10.0. The van der Waals surface area contributed by atoms with Crippen LogP contribution in [0.4, 0.5) is 0 Å². The third-order valence-electron chi connectivity index (χ3n) is 2.80. The molecule has 0 aliphatic heterocycles. The van der Waals surface area contributed by atoms with Crippen LogP contribution < -0.4 is 4.74 Å². The predicted octanol–water partition coefficient (Wildman–Crippen LogP) is 4.77. The first kappa shape index (κ1) is 13.1. The largest absolute Gasteiger partial charge is 0.493 e. The van der Waals surface area contributed by atoms with Crippen molar-refractivity contribution in [1.29, 1.82) is 0 Å². The van der Waals surface area contributed by atoms with Crippen LogP contribution in [0.25, 0.3) is 0 Å². The zero-order valence-electron chi connectivity index (χ0n) is 10.8. The van der Waals surface area contributed by atoms with Gasteiger partial charge in [-0.1, -0.05) is 58.2 Å². The van der Waals surface area contributed by atoms with Crippen molar-refractivity contribution in [3.63, 3.8) is 0 Å². The van der Waals surface area contributed by atoms with E-state index in [4.69, 9.17) is 4.74 Å². The third-order valence-corrected chi connectivity index (χ3v) is 2.80. The molecule has 0 radical (unpaired) electrons. The molecule has 1 rings (SSSR count). The van der Waals surface area contributed by atoms with Crippen molar-refractivity contribution in [1.82, 2.24) is 0 Å². The van der Waals surface area contributed by atoms with E-state index in [-0.39, 0.29) is 0 Å². The number of rotatable bonds is 7. The Labute approximate surface area is 99.8 Å². The molecule has 0 aliphatic rings. The first-order valence-corrected chi connectivity index (χ1v) is 6.47. The molecule has 1 nitrogen and oxygen atoms in total. The van der Waals surface area contributed by atoms with Gasteiger partial charge in [0.2, 0.25) is 0 Å². The summed E-state index contributed by atoms with van der Waals surface area (Å²) in [6.07, 6.45) is 5.04. The van der Waals surface area contributed by atoms with E-state index < -0.39 is 0 Å². The highest BCUT2D eigenvalue weighted by Crippen LogP contribution is 2.25. The molecule has 0 heterocycles. The summed E-state index contributed by atoms with van der Waals surface area (Å²) in [6, 6.07) is 8.37. The number of ether oxygens (including phenoxy) is 1. The van der Waals surface area contributed by atoms with Gasteiger partial charge in [0.15, 0.2) is 0 Å².